The molecule has 164 valence electrons. The Morgan fingerprint density at radius 3 is 2.32 bits per heavy atom. The normalized spacial score (nSPS) is 50.9. The smallest absolute Gasteiger partial charge is 0.160 e. The van der Waals surface area contributed by atoms with E-state index in [0.717, 1.165) is 18.8 Å². The third kappa shape index (κ3) is 3.38. The third-order valence-corrected chi connectivity index (χ3v) is 9.63. The van der Waals surface area contributed by atoms with Crippen LogP contribution in [0.5, 0.6) is 0 Å². The Kier molecular flexibility index (Phi) is 5.83. The van der Waals surface area contributed by atoms with Gasteiger partial charge in [-0.15, -0.1) is 0 Å². The van der Waals surface area contributed by atoms with E-state index in [1.165, 1.54) is 44.9 Å². The molecule has 0 aromatic rings. The molecule has 0 aromatic heterocycles. The van der Waals surface area contributed by atoms with Crippen molar-refractivity contribution in [2.24, 2.45) is 34.5 Å². The number of hydrogen-bond donors (Lipinski definition) is 1. The van der Waals surface area contributed by atoms with Crippen molar-refractivity contribution in [1.29, 1.82) is 0 Å². The van der Waals surface area contributed by atoms with Gasteiger partial charge in [0.25, 0.3) is 0 Å². The van der Waals surface area contributed by atoms with Gasteiger partial charge >= 0.3 is 0 Å². The fourth-order valence-electron chi connectivity index (χ4n) is 8.36. The molecule has 8 atom stereocenters. The van der Waals surface area contributed by atoms with E-state index in [2.05, 4.69) is 20.8 Å². The lowest BCUT2D eigenvalue weighted by Crippen LogP contribution is -2.61. The number of ether oxygens (including phenoxy) is 2. The molecule has 0 heterocycles. The van der Waals surface area contributed by atoms with E-state index in [0.29, 0.717) is 28.6 Å². The Labute approximate surface area is 174 Å². The summed E-state index contributed by atoms with van der Waals surface area (Å²) in [6, 6.07) is 0. The van der Waals surface area contributed by atoms with Crippen LogP contribution in [-0.2, 0) is 9.47 Å². The Morgan fingerprint density at radius 2 is 1.68 bits per heavy atom. The van der Waals surface area contributed by atoms with Crippen LogP contribution in [0, 0.1) is 34.5 Å². The van der Waals surface area contributed by atoms with Gasteiger partial charge in [-0.3, -0.25) is 0 Å². The van der Waals surface area contributed by atoms with E-state index >= 15 is 0 Å². The number of hydrogen-bond acceptors (Lipinski definition) is 3. The van der Waals surface area contributed by atoms with Gasteiger partial charge in [-0.1, -0.05) is 34.1 Å². The predicted octanol–water partition coefficient (Wildman–Crippen LogP) is 6.18. The Bertz CT molecular complexity index is 559. The van der Waals surface area contributed by atoms with Crippen molar-refractivity contribution in [2.45, 2.75) is 117 Å². The fraction of sp³-hybridized carbons (Fsp3) is 1.00. The molecule has 28 heavy (non-hydrogen) atoms. The fourth-order valence-corrected chi connectivity index (χ4v) is 8.36. The number of rotatable bonds is 3. The average Bonchev–Trinajstić information content (AvgIpc) is 2.86. The van der Waals surface area contributed by atoms with Crippen LogP contribution in [-0.4, -0.2) is 29.7 Å². The summed E-state index contributed by atoms with van der Waals surface area (Å²) < 4.78 is 12.6. The number of fused-ring (bicyclic) bond motifs is 5. The highest BCUT2D eigenvalue weighted by atomic mass is 16.6. The summed E-state index contributed by atoms with van der Waals surface area (Å²) in [5.74, 6) is 1.42. The second-order valence-electron chi connectivity index (χ2n) is 11.7. The lowest BCUT2D eigenvalue weighted by molar-refractivity contribution is -0.273. The van der Waals surface area contributed by atoms with Crippen molar-refractivity contribution in [3.8, 4) is 0 Å². The molecule has 0 aromatic carbocycles. The largest absolute Gasteiger partial charge is 0.378 e. The van der Waals surface area contributed by atoms with Crippen LogP contribution in [0.15, 0.2) is 0 Å². The van der Waals surface area contributed by atoms with Crippen LogP contribution in [0.4, 0.5) is 0 Å². The first-order chi connectivity index (χ1) is 12.5. The van der Waals surface area contributed by atoms with E-state index in [9.17, 15) is 5.11 Å². The van der Waals surface area contributed by atoms with Crippen LogP contribution < -0.4 is 0 Å². The van der Waals surface area contributed by atoms with E-state index in [4.69, 9.17) is 9.47 Å². The summed E-state index contributed by atoms with van der Waals surface area (Å²) in [6.45, 7) is 11.1. The minimum Gasteiger partial charge on any atom is -0.378 e. The second-order valence-corrected chi connectivity index (χ2v) is 11.7. The quantitative estimate of drug-likeness (QED) is 0.581. The van der Waals surface area contributed by atoms with Crippen LogP contribution in [0.3, 0.4) is 0 Å². The first-order valence-corrected chi connectivity index (χ1v) is 11.5. The van der Waals surface area contributed by atoms with E-state index in [-0.39, 0.29) is 19.1 Å². The van der Waals surface area contributed by atoms with Crippen LogP contribution in [0.25, 0.3) is 0 Å². The monoisotopic (exact) mass is 394 g/mol. The van der Waals surface area contributed by atoms with Gasteiger partial charge in [0.1, 0.15) is 0 Å². The maximum Gasteiger partial charge on any atom is 0.160 e. The molecule has 4 aliphatic carbocycles. The molecular formula is C25H46O3. The van der Waals surface area contributed by atoms with Crippen molar-refractivity contribution in [1.82, 2.24) is 0 Å². The summed E-state index contributed by atoms with van der Waals surface area (Å²) in [6.07, 6.45) is 11.8. The lowest BCUT2D eigenvalue weighted by Gasteiger charge is -2.63. The van der Waals surface area contributed by atoms with Gasteiger partial charge in [0.05, 0.1) is 11.7 Å². The molecule has 3 nitrogen and oxygen atoms in total. The summed E-state index contributed by atoms with van der Waals surface area (Å²) in [7, 11) is 1.91. The highest BCUT2D eigenvalue weighted by Crippen LogP contribution is 2.69. The minimum atomic E-state index is -1.06. The number of methoxy groups -OCH3 is 1. The molecule has 0 saturated heterocycles. The third-order valence-electron chi connectivity index (χ3n) is 9.63. The van der Waals surface area contributed by atoms with E-state index in [1.807, 2.05) is 21.0 Å². The molecule has 0 spiro atoms. The molecule has 4 rings (SSSR count). The standard InChI is InChI=1S/C24H42O3.CH4/c1-21(2,25)27-18-15-16-9-7-8-11-23(16,4)17-10-12-22(3)13-14-24(5,26-6)20(22)19(17)18;/h16-20,25H,7-15H2,1-6H3;1H4/t16?,17?,18-,19?,20?,22+,23-,24+;/m0./s1. The van der Waals surface area contributed by atoms with Crippen LogP contribution in [0.2, 0.25) is 0 Å². The summed E-state index contributed by atoms with van der Waals surface area (Å²) in [5, 5.41) is 10.6. The molecule has 4 aliphatic rings. The first-order valence-electron chi connectivity index (χ1n) is 11.5. The molecule has 4 unspecified atom stereocenters. The molecule has 1 N–H and O–H groups in total. The molecule has 4 fully saturated rings. The molecular weight excluding hydrogens is 348 g/mol. The van der Waals surface area contributed by atoms with Crippen LogP contribution in [0.1, 0.15) is 99.8 Å². The zero-order valence-electron chi connectivity index (χ0n) is 18.5. The van der Waals surface area contributed by atoms with Gasteiger partial charge in [0, 0.05) is 7.11 Å². The van der Waals surface area contributed by atoms with Crippen molar-refractivity contribution in [2.75, 3.05) is 7.11 Å². The van der Waals surface area contributed by atoms with Gasteiger partial charge in [-0.25, -0.2) is 0 Å². The average molecular weight is 395 g/mol. The van der Waals surface area contributed by atoms with Gasteiger partial charge in [0.2, 0.25) is 0 Å². The van der Waals surface area contributed by atoms with Gasteiger partial charge in [-0.2, -0.15) is 0 Å². The summed E-state index contributed by atoms with van der Waals surface area (Å²) in [5.41, 5.74) is 0.739. The molecule has 0 radical (unpaired) electrons. The van der Waals surface area contributed by atoms with Crippen molar-refractivity contribution in [3.63, 3.8) is 0 Å². The zero-order chi connectivity index (χ0) is 19.7. The Balaban J connectivity index is 0.00000225. The van der Waals surface area contributed by atoms with Crippen molar-refractivity contribution < 1.29 is 14.6 Å². The number of aliphatic hydroxyl groups is 1. The molecule has 0 aliphatic heterocycles. The van der Waals surface area contributed by atoms with Gasteiger partial charge in [-0.05, 0) is 100 Å². The highest BCUT2D eigenvalue weighted by Gasteiger charge is 2.66. The predicted molar refractivity (Wildman–Crippen MR) is 115 cm³/mol. The van der Waals surface area contributed by atoms with E-state index in [1.54, 1.807) is 0 Å². The van der Waals surface area contributed by atoms with Crippen molar-refractivity contribution >= 4 is 0 Å². The molecule has 0 amide bonds. The van der Waals surface area contributed by atoms with Gasteiger partial charge < -0.3 is 14.6 Å². The Hall–Kier alpha value is -0.120. The SMILES string of the molecule is C.CO[C@]1(C)CC[C@@]2(C)CCC3C(C21)[C@@H](OC(C)(C)O)CC1CCCC[C@@]13C. The molecule has 3 heteroatoms. The molecule has 4 saturated carbocycles. The van der Waals surface area contributed by atoms with Gasteiger partial charge in [0.15, 0.2) is 5.79 Å². The second kappa shape index (κ2) is 7.24. The minimum absolute atomic E-state index is 0. The maximum atomic E-state index is 10.6. The van der Waals surface area contributed by atoms with E-state index < -0.39 is 5.79 Å². The Morgan fingerprint density at radius 1 is 0.964 bits per heavy atom. The first kappa shape index (κ1) is 22.6. The maximum absolute atomic E-state index is 10.6. The summed E-state index contributed by atoms with van der Waals surface area (Å²) >= 11 is 0. The topological polar surface area (TPSA) is 38.7 Å². The zero-order valence-corrected chi connectivity index (χ0v) is 18.5. The summed E-state index contributed by atoms with van der Waals surface area (Å²) in [4.78, 5) is 0. The molecule has 0 bridgehead atoms. The highest BCUT2D eigenvalue weighted by molar-refractivity contribution is 5.14. The lowest BCUT2D eigenvalue weighted by atomic mass is 9.43. The van der Waals surface area contributed by atoms with Crippen LogP contribution >= 0.6 is 0 Å². The van der Waals surface area contributed by atoms with Crippen molar-refractivity contribution in [3.05, 3.63) is 0 Å².